The van der Waals surface area contributed by atoms with Crippen LogP contribution in [0.15, 0.2) is 6.07 Å². The van der Waals surface area contributed by atoms with E-state index in [1.165, 1.54) is 28.3 Å². The molecule has 1 aromatic heterocycles. The van der Waals surface area contributed by atoms with Crippen molar-refractivity contribution in [1.82, 2.24) is 5.06 Å². The smallest absolute Gasteiger partial charge is 0.287 e. The largest absolute Gasteiger partial charge is 0.389 e. The van der Waals surface area contributed by atoms with Crippen molar-refractivity contribution < 1.29 is 14.7 Å². The lowest BCUT2D eigenvalue weighted by Crippen LogP contribution is -2.27. The lowest BCUT2D eigenvalue weighted by atomic mass is 9.99. The third-order valence-electron chi connectivity index (χ3n) is 3.23. The Kier molecular flexibility index (Phi) is 2.90. The summed E-state index contributed by atoms with van der Waals surface area (Å²) < 4.78 is 0. The summed E-state index contributed by atoms with van der Waals surface area (Å²) in [6, 6.07) is 2.00. The summed E-state index contributed by atoms with van der Waals surface area (Å²) in [7, 11) is 0. The number of hydrogen-bond donors (Lipinski definition) is 1. The number of nitrogens with zero attached hydrogens (tertiary/aromatic N) is 1. The fourth-order valence-electron chi connectivity index (χ4n) is 2.33. The van der Waals surface area contributed by atoms with Gasteiger partial charge in [-0.05, 0) is 37.3 Å². The third-order valence-corrected chi connectivity index (χ3v) is 4.46. The van der Waals surface area contributed by atoms with Crippen LogP contribution >= 0.6 is 11.3 Å². The minimum absolute atomic E-state index is 0.110. The van der Waals surface area contributed by atoms with E-state index in [-0.39, 0.29) is 19.1 Å². The first kappa shape index (κ1) is 11.2. The molecule has 92 valence electrons. The van der Waals surface area contributed by atoms with Crippen LogP contribution in [0.3, 0.4) is 0 Å². The number of rotatable bonds is 1. The Hall–Kier alpha value is -0.910. The molecular formula is C12H15NO3S. The molecule has 0 aromatic carbocycles. The van der Waals surface area contributed by atoms with Gasteiger partial charge in [0.25, 0.3) is 5.91 Å². The molecular weight excluding hydrogens is 238 g/mol. The summed E-state index contributed by atoms with van der Waals surface area (Å²) in [5, 5.41) is 10.6. The highest BCUT2D eigenvalue weighted by Gasteiger charge is 2.28. The first-order valence-corrected chi connectivity index (χ1v) is 6.80. The van der Waals surface area contributed by atoms with Gasteiger partial charge in [0.15, 0.2) is 0 Å². The molecule has 1 aliphatic heterocycles. The van der Waals surface area contributed by atoms with Crippen LogP contribution in [0.5, 0.6) is 0 Å². The number of β-amino-alcohol motifs (C(OH)–C–C–N with tert-alkyl or cyclic N) is 1. The van der Waals surface area contributed by atoms with Crippen LogP contribution in [0.2, 0.25) is 0 Å². The van der Waals surface area contributed by atoms with Crippen molar-refractivity contribution in [2.24, 2.45) is 0 Å². The zero-order chi connectivity index (χ0) is 11.8. The van der Waals surface area contributed by atoms with E-state index in [2.05, 4.69) is 0 Å². The van der Waals surface area contributed by atoms with Crippen LogP contribution < -0.4 is 0 Å². The van der Waals surface area contributed by atoms with Gasteiger partial charge in [0.05, 0.1) is 11.4 Å². The number of hydroxylamine groups is 2. The third kappa shape index (κ3) is 2.10. The van der Waals surface area contributed by atoms with Crippen LogP contribution in [-0.4, -0.2) is 35.3 Å². The Morgan fingerprint density at radius 2 is 2.29 bits per heavy atom. The zero-order valence-electron chi connectivity index (χ0n) is 9.52. The molecule has 0 unspecified atom stereocenters. The zero-order valence-corrected chi connectivity index (χ0v) is 10.3. The maximum Gasteiger partial charge on any atom is 0.287 e. The van der Waals surface area contributed by atoms with Gasteiger partial charge in [-0.1, -0.05) is 0 Å². The fraction of sp³-hybridized carbons (Fsp3) is 0.583. The molecule has 2 aliphatic rings. The van der Waals surface area contributed by atoms with Gasteiger partial charge in [0.1, 0.15) is 12.7 Å². The van der Waals surface area contributed by atoms with Crippen LogP contribution in [-0.2, 0) is 17.7 Å². The summed E-state index contributed by atoms with van der Waals surface area (Å²) >= 11 is 1.58. The normalized spacial score (nSPS) is 23.8. The molecule has 5 heteroatoms. The molecule has 17 heavy (non-hydrogen) atoms. The molecule has 1 atom stereocenters. The summed E-state index contributed by atoms with van der Waals surface area (Å²) in [4.78, 5) is 19.4. The SMILES string of the molecule is O=C(c1cc2c(s1)CCCC2)N1C[C@H](O)CO1. The lowest BCUT2D eigenvalue weighted by molar-refractivity contribution is -0.0776. The molecule has 2 heterocycles. The van der Waals surface area contributed by atoms with Crippen LogP contribution in [0.4, 0.5) is 0 Å². The Balaban J connectivity index is 1.79. The first-order chi connectivity index (χ1) is 8.24. The molecule has 1 aromatic rings. The van der Waals surface area contributed by atoms with Gasteiger partial charge in [-0.15, -0.1) is 11.3 Å². The van der Waals surface area contributed by atoms with Gasteiger partial charge in [0.2, 0.25) is 0 Å². The molecule has 1 fully saturated rings. The molecule has 0 bridgehead atoms. The van der Waals surface area contributed by atoms with Crippen molar-refractivity contribution in [3.63, 3.8) is 0 Å². The topological polar surface area (TPSA) is 49.8 Å². The fourth-order valence-corrected chi connectivity index (χ4v) is 3.53. The van der Waals surface area contributed by atoms with Crippen molar-refractivity contribution >= 4 is 17.2 Å². The highest BCUT2D eigenvalue weighted by atomic mass is 32.1. The number of thiophene rings is 1. The molecule has 1 amide bonds. The molecule has 1 aliphatic carbocycles. The summed E-state index contributed by atoms with van der Waals surface area (Å²) in [5.74, 6) is -0.110. The molecule has 3 rings (SSSR count). The summed E-state index contributed by atoms with van der Waals surface area (Å²) in [5.41, 5.74) is 1.32. The Morgan fingerprint density at radius 3 is 3.00 bits per heavy atom. The Bertz CT molecular complexity index is 419. The second-order valence-corrected chi connectivity index (χ2v) is 5.72. The van der Waals surface area contributed by atoms with Crippen LogP contribution in [0.25, 0.3) is 0 Å². The highest BCUT2D eigenvalue weighted by molar-refractivity contribution is 7.14. The average Bonchev–Trinajstić information content (AvgIpc) is 2.93. The number of aliphatic hydroxyl groups is 1. The standard InChI is InChI=1S/C12H15NO3S/c14-9-6-13(16-7-9)12(15)11-5-8-3-1-2-4-10(8)17-11/h5,9,14H,1-4,6-7H2/t9-/m0/s1. The maximum absolute atomic E-state index is 12.1. The van der Waals surface area contributed by atoms with Crippen molar-refractivity contribution in [2.45, 2.75) is 31.8 Å². The first-order valence-electron chi connectivity index (χ1n) is 5.98. The monoisotopic (exact) mass is 253 g/mol. The quantitative estimate of drug-likeness (QED) is 0.822. The van der Waals surface area contributed by atoms with Crippen molar-refractivity contribution in [3.05, 3.63) is 21.4 Å². The average molecular weight is 253 g/mol. The van der Waals surface area contributed by atoms with E-state index in [0.29, 0.717) is 0 Å². The van der Waals surface area contributed by atoms with Crippen molar-refractivity contribution in [3.8, 4) is 0 Å². The van der Waals surface area contributed by atoms with Gasteiger partial charge in [-0.2, -0.15) is 0 Å². The molecule has 1 saturated heterocycles. The van der Waals surface area contributed by atoms with E-state index in [4.69, 9.17) is 4.84 Å². The predicted octanol–water partition coefficient (Wildman–Crippen LogP) is 1.38. The number of fused-ring (bicyclic) bond motifs is 1. The van der Waals surface area contributed by atoms with E-state index in [9.17, 15) is 9.90 Å². The van der Waals surface area contributed by atoms with Gasteiger partial charge in [0, 0.05) is 4.88 Å². The number of amides is 1. The number of hydrogen-bond acceptors (Lipinski definition) is 4. The van der Waals surface area contributed by atoms with E-state index >= 15 is 0 Å². The second kappa shape index (κ2) is 4.40. The van der Waals surface area contributed by atoms with E-state index in [0.717, 1.165) is 17.7 Å². The minimum Gasteiger partial charge on any atom is -0.389 e. The number of aliphatic hydroxyl groups excluding tert-OH is 1. The molecule has 4 nitrogen and oxygen atoms in total. The number of carbonyl (C=O) groups is 1. The van der Waals surface area contributed by atoms with Gasteiger partial charge in [-0.3, -0.25) is 9.63 Å². The number of aryl methyl sites for hydroxylation is 2. The van der Waals surface area contributed by atoms with Crippen molar-refractivity contribution in [2.75, 3.05) is 13.2 Å². The summed E-state index contributed by atoms with van der Waals surface area (Å²) in [6.45, 7) is 0.498. The Labute approximate surface area is 104 Å². The van der Waals surface area contributed by atoms with Gasteiger partial charge in [-0.25, -0.2) is 5.06 Å². The van der Waals surface area contributed by atoms with Gasteiger partial charge >= 0.3 is 0 Å². The molecule has 0 radical (unpaired) electrons. The second-order valence-electron chi connectivity index (χ2n) is 4.58. The summed E-state index contributed by atoms with van der Waals surface area (Å²) in [6.07, 6.45) is 4.07. The van der Waals surface area contributed by atoms with Crippen LogP contribution in [0, 0.1) is 0 Å². The molecule has 0 saturated carbocycles. The predicted molar refractivity (Wildman–Crippen MR) is 64.0 cm³/mol. The highest BCUT2D eigenvalue weighted by Crippen LogP contribution is 2.30. The molecule has 0 spiro atoms. The van der Waals surface area contributed by atoms with E-state index < -0.39 is 6.10 Å². The number of carbonyl (C=O) groups excluding carboxylic acids is 1. The minimum atomic E-state index is -0.548. The van der Waals surface area contributed by atoms with E-state index in [1.807, 2.05) is 6.07 Å². The molecule has 1 N–H and O–H groups in total. The van der Waals surface area contributed by atoms with Crippen molar-refractivity contribution in [1.29, 1.82) is 0 Å². The lowest BCUT2D eigenvalue weighted by Gasteiger charge is -2.11. The van der Waals surface area contributed by atoms with Crippen LogP contribution in [0.1, 0.15) is 33.0 Å². The Morgan fingerprint density at radius 1 is 1.47 bits per heavy atom. The maximum atomic E-state index is 12.1. The van der Waals surface area contributed by atoms with Gasteiger partial charge < -0.3 is 5.11 Å². The van der Waals surface area contributed by atoms with E-state index in [1.54, 1.807) is 11.3 Å².